The van der Waals surface area contributed by atoms with Gasteiger partial charge in [-0.05, 0) is 19.1 Å². The van der Waals surface area contributed by atoms with Crippen molar-refractivity contribution in [1.82, 2.24) is 5.32 Å². The van der Waals surface area contributed by atoms with E-state index in [0.717, 1.165) is 0 Å². The molecule has 0 atom stereocenters. The number of urea groups is 1. The molecule has 0 fully saturated rings. The van der Waals surface area contributed by atoms with Gasteiger partial charge < -0.3 is 15.4 Å². The van der Waals surface area contributed by atoms with Gasteiger partial charge in [-0.3, -0.25) is 0 Å². The Morgan fingerprint density at radius 3 is 2.94 bits per heavy atom. The molecule has 4 nitrogen and oxygen atoms in total. The van der Waals surface area contributed by atoms with Gasteiger partial charge in [-0.25, -0.2) is 4.79 Å². The summed E-state index contributed by atoms with van der Waals surface area (Å²) in [6.07, 6.45) is 5.03. The Kier molecular flexibility index (Phi) is 4.74. The van der Waals surface area contributed by atoms with Crippen molar-refractivity contribution in [3.05, 3.63) is 24.3 Å². The third-order valence-electron chi connectivity index (χ3n) is 1.79. The van der Waals surface area contributed by atoms with Crippen molar-refractivity contribution in [2.45, 2.75) is 6.92 Å². The Bertz CT molecular complexity index is 396. The van der Waals surface area contributed by atoms with Gasteiger partial charge >= 0.3 is 6.03 Å². The summed E-state index contributed by atoms with van der Waals surface area (Å²) < 4.78 is 5.36. The van der Waals surface area contributed by atoms with Gasteiger partial charge in [-0.1, -0.05) is 18.1 Å². The number of hydrogen-bond acceptors (Lipinski definition) is 2. The number of anilines is 1. The molecule has 1 aromatic rings. The molecular formula is C12H14N2O2. The molecule has 0 unspecified atom stereocenters. The third-order valence-corrected chi connectivity index (χ3v) is 1.79. The molecule has 16 heavy (non-hydrogen) atoms. The maximum atomic E-state index is 11.4. The largest absolute Gasteiger partial charge is 0.492 e. The molecule has 2 amide bonds. The van der Waals surface area contributed by atoms with Gasteiger partial charge in [-0.15, -0.1) is 6.42 Å². The van der Waals surface area contributed by atoms with Crippen LogP contribution in [0.15, 0.2) is 24.3 Å². The van der Waals surface area contributed by atoms with Crippen molar-refractivity contribution in [2.24, 2.45) is 0 Å². The second-order valence-corrected chi connectivity index (χ2v) is 2.94. The molecule has 0 aliphatic carbocycles. The van der Waals surface area contributed by atoms with Gasteiger partial charge in [0, 0.05) is 0 Å². The van der Waals surface area contributed by atoms with Crippen molar-refractivity contribution in [1.29, 1.82) is 0 Å². The minimum absolute atomic E-state index is 0.197. The van der Waals surface area contributed by atoms with E-state index in [1.54, 1.807) is 12.1 Å². The van der Waals surface area contributed by atoms with Crippen LogP contribution >= 0.6 is 0 Å². The maximum Gasteiger partial charge on any atom is 0.320 e. The summed E-state index contributed by atoms with van der Waals surface area (Å²) in [7, 11) is 0. The minimum Gasteiger partial charge on any atom is -0.492 e. The minimum atomic E-state index is -0.342. The molecule has 1 rings (SSSR count). The van der Waals surface area contributed by atoms with Crippen LogP contribution < -0.4 is 15.4 Å². The average Bonchev–Trinajstić information content (AvgIpc) is 2.29. The lowest BCUT2D eigenvalue weighted by Gasteiger charge is -2.10. The summed E-state index contributed by atoms with van der Waals surface area (Å²) in [4.78, 5) is 11.4. The van der Waals surface area contributed by atoms with Crippen LogP contribution in [0.3, 0.4) is 0 Å². The van der Waals surface area contributed by atoms with Crippen LogP contribution in [0.1, 0.15) is 6.92 Å². The predicted octanol–water partition coefficient (Wildman–Crippen LogP) is 1.84. The summed E-state index contributed by atoms with van der Waals surface area (Å²) in [5, 5.41) is 5.17. The SMILES string of the molecule is C#CCNC(=O)Nc1ccccc1OCC. The third kappa shape index (κ3) is 3.54. The summed E-state index contributed by atoms with van der Waals surface area (Å²) >= 11 is 0. The second-order valence-electron chi connectivity index (χ2n) is 2.94. The van der Waals surface area contributed by atoms with E-state index in [-0.39, 0.29) is 12.6 Å². The quantitative estimate of drug-likeness (QED) is 0.757. The maximum absolute atomic E-state index is 11.4. The van der Waals surface area contributed by atoms with Crippen LogP contribution in [0.5, 0.6) is 5.75 Å². The van der Waals surface area contributed by atoms with Gasteiger partial charge in [0.2, 0.25) is 0 Å². The number of benzene rings is 1. The van der Waals surface area contributed by atoms with Crippen LogP contribution in [0.2, 0.25) is 0 Å². The molecule has 0 aliphatic heterocycles. The average molecular weight is 218 g/mol. The topological polar surface area (TPSA) is 50.4 Å². The summed E-state index contributed by atoms with van der Waals surface area (Å²) in [5.74, 6) is 2.96. The number of nitrogens with one attached hydrogen (secondary N) is 2. The first kappa shape index (κ1) is 11.9. The van der Waals surface area contributed by atoms with Gasteiger partial charge in [0.15, 0.2) is 0 Å². The number of para-hydroxylation sites is 2. The molecule has 84 valence electrons. The van der Waals surface area contributed by atoms with Crippen LogP contribution in [0.25, 0.3) is 0 Å². The number of ether oxygens (including phenoxy) is 1. The summed E-state index contributed by atoms with van der Waals surface area (Å²) in [6, 6.07) is 6.88. The van der Waals surface area contributed by atoms with Crippen molar-refractivity contribution >= 4 is 11.7 Å². The van der Waals surface area contributed by atoms with Gasteiger partial charge in [-0.2, -0.15) is 0 Å². The number of terminal acetylenes is 1. The Balaban J connectivity index is 2.65. The highest BCUT2D eigenvalue weighted by Crippen LogP contribution is 2.23. The van der Waals surface area contributed by atoms with Gasteiger partial charge in [0.05, 0.1) is 18.8 Å². The monoisotopic (exact) mass is 218 g/mol. The highest BCUT2D eigenvalue weighted by atomic mass is 16.5. The molecule has 0 saturated heterocycles. The standard InChI is InChI=1S/C12H14N2O2/c1-3-9-13-12(15)14-10-7-5-6-8-11(10)16-4-2/h1,5-8H,4,9H2,2H3,(H2,13,14,15). The van der Waals surface area contributed by atoms with E-state index < -0.39 is 0 Å². The first-order chi connectivity index (χ1) is 7.77. The fourth-order valence-electron chi connectivity index (χ4n) is 1.15. The molecule has 2 N–H and O–H groups in total. The predicted molar refractivity (Wildman–Crippen MR) is 63.5 cm³/mol. The fourth-order valence-corrected chi connectivity index (χ4v) is 1.15. The zero-order valence-electron chi connectivity index (χ0n) is 9.12. The molecule has 0 radical (unpaired) electrons. The van der Waals surface area contributed by atoms with E-state index in [1.807, 2.05) is 19.1 Å². The molecule has 0 heterocycles. The summed E-state index contributed by atoms with van der Waals surface area (Å²) in [5.41, 5.74) is 0.624. The van der Waals surface area contributed by atoms with Crippen molar-refractivity contribution in [3.63, 3.8) is 0 Å². The zero-order valence-corrected chi connectivity index (χ0v) is 9.12. The molecule has 0 aromatic heterocycles. The number of rotatable bonds is 4. The zero-order chi connectivity index (χ0) is 11.8. The number of amides is 2. The molecule has 0 saturated carbocycles. The smallest absolute Gasteiger partial charge is 0.320 e. The number of carbonyl (C=O) groups is 1. The Labute approximate surface area is 95.0 Å². The number of carbonyl (C=O) groups excluding carboxylic acids is 1. The van der Waals surface area contributed by atoms with Crippen molar-refractivity contribution in [2.75, 3.05) is 18.5 Å². The molecule has 0 spiro atoms. The highest BCUT2D eigenvalue weighted by molar-refractivity contribution is 5.90. The van der Waals surface area contributed by atoms with Crippen LogP contribution in [-0.4, -0.2) is 19.2 Å². The molecule has 0 aliphatic rings. The van der Waals surface area contributed by atoms with Crippen LogP contribution in [-0.2, 0) is 0 Å². The van der Waals surface area contributed by atoms with Crippen molar-refractivity contribution < 1.29 is 9.53 Å². The lowest BCUT2D eigenvalue weighted by Crippen LogP contribution is -2.29. The van der Waals surface area contributed by atoms with Crippen LogP contribution in [0, 0.1) is 12.3 Å². The molecule has 1 aromatic carbocycles. The lowest BCUT2D eigenvalue weighted by molar-refractivity contribution is 0.253. The van der Waals surface area contributed by atoms with Crippen LogP contribution in [0.4, 0.5) is 10.5 Å². The molecular weight excluding hydrogens is 204 g/mol. The number of hydrogen-bond donors (Lipinski definition) is 2. The first-order valence-corrected chi connectivity index (χ1v) is 4.98. The van der Waals surface area contributed by atoms with E-state index >= 15 is 0 Å². The van der Waals surface area contributed by atoms with Crippen molar-refractivity contribution in [3.8, 4) is 18.1 Å². The fraction of sp³-hybridized carbons (Fsp3) is 0.250. The Morgan fingerprint density at radius 1 is 1.50 bits per heavy atom. The lowest BCUT2D eigenvalue weighted by atomic mass is 10.3. The molecule has 0 bridgehead atoms. The summed E-state index contributed by atoms with van der Waals surface area (Å²) in [6.45, 7) is 2.63. The van der Waals surface area contributed by atoms with E-state index in [2.05, 4.69) is 16.6 Å². The normalized spacial score (nSPS) is 9.00. The van der Waals surface area contributed by atoms with Gasteiger partial charge in [0.25, 0.3) is 0 Å². The van der Waals surface area contributed by atoms with E-state index in [1.165, 1.54) is 0 Å². The Hall–Kier alpha value is -2.15. The Morgan fingerprint density at radius 2 is 2.25 bits per heavy atom. The molecule has 4 heteroatoms. The van der Waals surface area contributed by atoms with Gasteiger partial charge in [0.1, 0.15) is 5.75 Å². The van der Waals surface area contributed by atoms with E-state index in [0.29, 0.717) is 18.0 Å². The highest BCUT2D eigenvalue weighted by Gasteiger charge is 2.05. The van der Waals surface area contributed by atoms with E-state index in [9.17, 15) is 4.79 Å². The first-order valence-electron chi connectivity index (χ1n) is 4.98. The van der Waals surface area contributed by atoms with E-state index in [4.69, 9.17) is 11.2 Å². The second kappa shape index (κ2) is 6.36.